The molecule has 1 N–H and O–H groups in total. The van der Waals surface area contributed by atoms with Crippen LogP contribution in [0.5, 0.6) is 5.75 Å². The van der Waals surface area contributed by atoms with Crippen LogP contribution in [0.25, 0.3) is 20.9 Å². The standard InChI is InChI=1S/C31H34N2O6S/c1-19(2)18-38-31(36)33-14-12-23-24(17-33)21(9-11-29(34)35)8-10-26(23)37-15-13-25-20(3)39-30(32-25)28-16-22-6-4-5-7-27(22)40-28/h4-8,10,16,19H,9,11-15,17-18H2,1-3H3,(H,34,35). The molecule has 40 heavy (non-hydrogen) atoms. The van der Waals surface area contributed by atoms with Crippen LogP contribution >= 0.6 is 11.3 Å². The smallest absolute Gasteiger partial charge is 0.410 e. The van der Waals surface area contributed by atoms with E-state index in [0.29, 0.717) is 51.5 Å². The predicted octanol–water partition coefficient (Wildman–Crippen LogP) is 6.65. The molecule has 0 radical (unpaired) electrons. The van der Waals surface area contributed by atoms with E-state index >= 15 is 0 Å². The van der Waals surface area contributed by atoms with Gasteiger partial charge in [-0.05, 0) is 60.4 Å². The van der Waals surface area contributed by atoms with Crippen molar-refractivity contribution in [2.24, 2.45) is 5.92 Å². The Hall–Kier alpha value is -3.85. The van der Waals surface area contributed by atoms with Crippen molar-refractivity contribution < 1.29 is 28.6 Å². The van der Waals surface area contributed by atoms with E-state index in [4.69, 9.17) is 18.9 Å². The van der Waals surface area contributed by atoms with E-state index in [1.54, 1.807) is 16.2 Å². The Morgan fingerprint density at radius 3 is 2.75 bits per heavy atom. The number of hydrogen-bond acceptors (Lipinski definition) is 7. The summed E-state index contributed by atoms with van der Waals surface area (Å²) in [6.45, 7) is 7.59. The van der Waals surface area contributed by atoms with Crippen molar-refractivity contribution in [1.82, 2.24) is 9.88 Å². The maximum absolute atomic E-state index is 12.7. The number of nitrogens with zero attached hydrogens (tertiary/aromatic N) is 2. The van der Waals surface area contributed by atoms with Gasteiger partial charge >= 0.3 is 12.1 Å². The molecule has 2 aromatic carbocycles. The van der Waals surface area contributed by atoms with Crippen LogP contribution in [0, 0.1) is 12.8 Å². The highest BCUT2D eigenvalue weighted by atomic mass is 32.1. The summed E-state index contributed by atoms with van der Waals surface area (Å²) in [6.07, 6.45) is 1.28. The molecule has 5 rings (SSSR count). The Balaban J connectivity index is 1.29. The zero-order chi connectivity index (χ0) is 28.2. The number of carboxylic acid groups (broad SMARTS) is 1. The first kappa shape index (κ1) is 27.7. The lowest BCUT2D eigenvalue weighted by Crippen LogP contribution is -2.37. The van der Waals surface area contributed by atoms with E-state index < -0.39 is 5.97 Å². The number of amides is 1. The number of aryl methyl sites for hydroxylation is 2. The van der Waals surface area contributed by atoms with Gasteiger partial charge in [-0.2, -0.15) is 0 Å². The highest BCUT2D eigenvalue weighted by Gasteiger charge is 2.27. The van der Waals surface area contributed by atoms with Gasteiger partial charge in [0.1, 0.15) is 11.5 Å². The van der Waals surface area contributed by atoms with Gasteiger partial charge in [-0.1, -0.05) is 38.1 Å². The lowest BCUT2D eigenvalue weighted by atomic mass is 9.92. The molecular weight excluding hydrogens is 528 g/mol. The van der Waals surface area contributed by atoms with Crippen LogP contribution in [0.2, 0.25) is 0 Å². The summed E-state index contributed by atoms with van der Waals surface area (Å²) < 4.78 is 18.9. The molecule has 8 nitrogen and oxygen atoms in total. The summed E-state index contributed by atoms with van der Waals surface area (Å²) in [5, 5.41) is 10.4. The van der Waals surface area contributed by atoms with Crippen molar-refractivity contribution in [3.8, 4) is 16.5 Å². The summed E-state index contributed by atoms with van der Waals surface area (Å²) in [6, 6.07) is 14.2. The van der Waals surface area contributed by atoms with Gasteiger partial charge in [0.25, 0.3) is 0 Å². The van der Waals surface area contributed by atoms with E-state index in [1.807, 2.05) is 45.0 Å². The number of hydrogen-bond donors (Lipinski definition) is 1. The Kier molecular flexibility index (Phi) is 8.40. The minimum Gasteiger partial charge on any atom is -0.493 e. The van der Waals surface area contributed by atoms with Gasteiger partial charge < -0.3 is 23.9 Å². The van der Waals surface area contributed by atoms with Crippen LogP contribution in [-0.4, -0.2) is 46.8 Å². The topological polar surface area (TPSA) is 102 Å². The number of fused-ring (bicyclic) bond motifs is 2. The normalized spacial score (nSPS) is 13.1. The van der Waals surface area contributed by atoms with Crippen LogP contribution < -0.4 is 4.74 Å². The first-order chi connectivity index (χ1) is 19.3. The summed E-state index contributed by atoms with van der Waals surface area (Å²) in [5.41, 5.74) is 3.76. The number of carbonyl (C=O) groups is 2. The van der Waals surface area contributed by atoms with E-state index in [-0.39, 0.29) is 18.4 Å². The number of thiophene rings is 1. The fraction of sp³-hybridized carbons (Fsp3) is 0.387. The van der Waals surface area contributed by atoms with E-state index in [1.165, 1.54) is 10.1 Å². The minimum atomic E-state index is -0.851. The number of carboxylic acids is 1. The molecule has 0 unspecified atom stereocenters. The zero-order valence-electron chi connectivity index (χ0n) is 23.1. The quantitative estimate of drug-likeness (QED) is 0.231. The zero-order valence-corrected chi connectivity index (χ0v) is 23.9. The number of aliphatic carboxylic acids is 1. The third-order valence-corrected chi connectivity index (χ3v) is 8.10. The highest BCUT2D eigenvalue weighted by Crippen LogP contribution is 2.35. The van der Waals surface area contributed by atoms with Gasteiger partial charge in [-0.3, -0.25) is 4.79 Å². The summed E-state index contributed by atoms with van der Waals surface area (Å²) in [4.78, 5) is 31.3. The maximum atomic E-state index is 12.7. The molecule has 0 saturated carbocycles. The molecule has 1 amide bonds. The number of oxazole rings is 1. The van der Waals surface area contributed by atoms with Crippen molar-refractivity contribution in [1.29, 1.82) is 0 Å². The minimum absolute atomic E-state index is 0.0258. The molecule has 1 aliphatic rings. The van der Waals surface area contributed by atoms with Crippen molar-refractivity contribution in [2.45, 2.75) is 53.0 Å². The number of carbonyl (C=O) groups excluding carboxylic acids is 1. The van der Waals surface area contributed by atoms with E-state index in [0.717, 1.165) is 38.8 Å². The van der Waals surface area contributed by atoms with Gasteiger partial charge in [0.2, 0.25) is 5.89 Å². The van der Waals surface area contributed by atoms with Gasteiger partial charge in [0, 0.05) is 36.2 Å². The molecule has 2 aromatic heterocycles. The second kappa shape index (κ2) is 12.1. The summed E-state index contributed by atoms with van der Waals surface area (Å²) >= 11 is 1.66. The molecule has 210 valence electrons. The Labute approximate surface area is 237 Å². The third-order valence-electron chi connectivity index (χ3n) is 7.00. The molecule has 3 heterocycles. The van der Waals surface area contributed by atoms with E-state index in [9.17, 15) is 14.7 Å². The van der Waals surface area contributed by atoms with Crippen LogP contribution in [0.3, 0.4) is 0 Å². The number of benzene rings is 2. The molecule has 4 aromatic rings. The van der Waals surface area contributed by atoms with Crippen molar-refractivity contribution >= 4 is 33.5 Å². The van der Waals surface area contributed by atoms with Crippen molar-refractivity contribution in [3.05, 3.63) is 70.6 Å². The largest absolute Gasteiger partial charge is 0.493 e. The lowest BCUT2D eigenvalue weighted by Gasteiger charge is -2.31. The average molecular weight is 563 g/mol. The molecule has 0 spiro atoms. The first-order valence-electron chi connectivity index (χ1n) is 13.6. The van der Waals surface area contributed by atoms with Gasteiger partial charge in [0.05, 0.1) is 23.8 Å². The average Bonchev–Trinajstić information content (AvgIpc) is 3.54. The molecular formula is C31H34N2O6S. The first-order valence-corrected chi connectivity index (χ1v) is 14.4. The van der Waals surface area contributed by atoms with Crippen LogP contribution in [0.1, 0.15) is 48.4 Å². The van der Waals surface area contributed by atoms with Gasteiger partial charge in [0.15, 0.2) is 0 Å². The molecule has 0 aliphatic carbocycles. The van der Waals surface area contributed by atoms with Gasteiger partial charge in [-0.25, -0.2) is 9.78 Å². The summed E-state index contributed by atoms with van der Waals surface area (Å²) in [7, 11) is 0. The Morgan fingerprint density at radius 1 is 1.15 bits per heavy atom. The van der Waals surface area contributed by atoms with Crippen LogP contribution in [0.4, 0.5) is 4.79 Å². The highest BCUT2D eigenvalue weighted by molar-refractivity contribution is 7.22. The number of ether oxygens (including phenoxy) is 2. The molecule has 1 aliphatic heterocycles. The summed E-state index contributed by atoms with van der Waals surface area (Å²) in [5.74, 6) is 1.56. The number of aromatic nitrogens is 1. The fourth-order valence-corrected chi connectivity index (χ4v) is 5.90. The van der Waals surface area contributed by atoms with Crippen molar-refractivity contribution in [2.75, 3.05) is 19.8 Å². The van der Waals surface area contributed by atoms with E-state index in [2.05, 4.69) is 18.2 Å². The van der Waals surface area contributed by atoms with Crippen LogP contribution in [-0.2, 0) is 35.3 Å². The van der Waals surface area contributed by atoms with Gasteiger partial charge in [-0.15, -0.1) is 11.3 Å². The maximum Gasteiger partial charge on any atom is 0.410 e. The third kappa shape index (κ3) is 6.31. The number of rotatable bonds is 10. The Bertz CT molecular complexity index is 1490. The predicted molar refractivity (Wildman–Crippen MR) is 154 cm³/mol. The second-order valence-electron chi connectivity index (χ2n) is 10.5. The fourth-order valence-electron chi connectivity index (χ4n) is 4.91. The molecule has 0 fully saturated rings. The molecule has 0 saturated heterocycles. The second-order valence-corrected chi connectivity index (χ2v) is 11.6. The molecule has 0 atom stereocenters. The monoisotopic (exact) mass is 562 g/mol. The lowest BCUT2D eigenvalue weighted by molar-refractivity contribution is -0.136. The van der Waals surface area contributed by atoms with Crippen molar-refractivity contribution in [3.63, 3.8) is 0 Å². The molecule has 9 heteroatoms. The van der Waals surface area contributed by atoms with Crippen LogP contribution in [0.15, 0.2) is 46.9 Å². The Morgan fingerprint density at radius 2 is 1.98 bits per heavy atom. The molecule has 0 bridgehead atoms. The SMILES string of the molecule is Cc1oc(-c2cc3ccccc3s2)nc1CCOc1ccc(CCC(=O)O)c2c1CCN(C(=O)OCC(C)C)C2.